The Balaban J connectivity index is 1.87. The van der Waals surface area contributed by atoms with Crippen LogP contribution < -0.4 is 10.6 Å². The SMILES string of the molecule is CNCC1CCCN(CC(=O)Nc2cccc(C(C)=O)c2)C1. The van der Waals surface area contributed by atoms with Crippen molar-refractivity contribution in [2.75, 3.05) is 38.5 Å². The van der Waals surface area contributed by atoms with Gasteiger partial charge in [-0.3, -0.25) is 14.5 Å². The number of carbonyl (C=O) groups excluding carboxylic acids is 2. The van der Waals surface area contributed by atoms with Crippen LogP contribution in [0.1, 0.15) is 30.1 Å². The van der Waals surface area contributed by atoms with Gasteiger partial charge in [0.15, 0.2) is 5.78 Å². The van der Waals surface area contributed by atoms with Crippen molar-refractivity contribution < 1.29 is 9.59 Å². The molecule has 2 rings (SSSR count). The van der Waals surface area contributed by atoms with E-state index in [1.807, 2.05) is 13.1 Å². The maximum atomic E-state index is 12.2. The lowest BCUT2D eigenvalue weighted by Gasteiger charge is -2.32. The summed E-state index contributed by atoms with van der Waals surface area (Å²) in [5, 5.41) is 6.09. The summed E-state index contributed by atoms with van der Waals surface area (Å²) in [6.45, 7) is 4.86. The van der Waals surface area contributed by atoms with Crippen LogP contribution in [0.4, 0.5) is 5.69 Å². The highest BCUT2D eigenvalue weighted by Gasteiger charge is 2.21. The molecule has 1 amide bonds. The second-order valence-corrected chi connectivity index (χ2v) is 5.99. The Kier molecular flexibility index (Phi) is 6.10. The van der Waals surface area contributed by atoms with Gasteiger partial charge in [-0.15, -0.1) is 0 Å². The maximum Gasteiger partial charge on any atom is 0.238 e. The summed E-state index contributed by atoms with van der Waals surface area (Å²) in [5.41, 5.74) is 1.30. The molecule has 1 aliphatic heterocycles. The van der Waals surface area contributed by atoms with E-state index >= 15 is 0 Å². The molecule has 1 aliphatic rings. The van der Waals surface area contributed by atoms with E-state index in [4.69, 9.17) is 0 Å². The van der Waals surface area contributed by atoms with E-state index in [1.165, 1.54) is 13.3 Å². The standard InChI is InChI=1S/C17H25N3O2/c1-13(21)15-6-3-7-16(9-15)19-17(22)12-20-8-4-5-14(11-20)10-18-2/h3,6-7,9,14,18H,4-5,8,10-12H2,1-2H3,(H,19,22). The second kappa shape index (κ2) is 8.06. The van der Waals surface area contributed by atoms with Crippen molar-refractivity contribution in [1.29, 1.82) is 0 Å². The zero-order valence-corrected chi connectivity index (χ0v) is 13.4. The molecular formula is C17H25N3O2. The number of benzene rings is 1. The molecule has 0 aromatic heterocycles. The summed E-state index contributed by atoms with van der Waals surface area (Å²) >= 11 is 0. The van der Waals surface area contributed by atoms with Gasteiger partial charge in [-0.1, -0.05) is 12.1 Å². The number of hydrogen-bond acceptors (Lipinski definition) is 4. The normalized spacial score (nSPS) is 18.9. The number of nitrogens with one attached hydrogen (secondary N) is 2. The summed E-state index contributed by atoms with van der Waals surface area (Å²) < 4.78 is 0. The third-order valence-electron chi connectivity index (χ3n) is 4.02. The quantitative estimate of drug-likeness (QED) is 0.786. The molecule has 0 bridgehead atoms. The molecule has 5 heteroatoms. The highest BCUT2D eigenvalue weighted by atomic mass is 16.2. The molecule has 22 heavy (non-hydrogen) atoms. The fourth-order valence-corrected chi connectivity index (χ4v) is 2.97. The number of Topliss-reactive ketones (excluding diaryl/α,β-unsaturated/α-hetero) is 1. The predicted octanol–water partition coefficient (Wildman–Crippen LogP) is 1.76. The molecule has 1 aromatic carbocycles. The topological polar surface area (TPSA) is 61.4 Å². The first-order valence-electron chi connectivity index (χ1n) is 7.86. The highest BCUT2D eigenvalue weighted by molar-refractivity contribution is 5.97. The van der Waals surface area contributed by atoms with Gasteiger partial charge in [0.2, 0.25) is 5.91 Å². The summed E-state index contributed by atoms with van der Waals surface area (Å²) in [5.74, 6) is 0.598. The Hall–Kier alpha value is -1.72. The van der Waals surface area contributed by atoms with Crippen LogP contribution in [-0.2, 0) is 4.79 Å². The first-order chi connectivity index (χ1) is 10.6. The van der Waals surface area contributed by atoms with Crippen molar-refractivity contribution in [3.63, 3.8) is 0 Å². The third kappa shape index (κ3) is 4.93. The van der Waals surface area contributed by atoms with Gasteiger partial charge in [0, 0.05) is 17.8 Å². The van der Waals surface area contributed by atoms with Crippen LogP contribution in [0.15, 0.2) is 24.3 Å². The van der Waals surface area contributed by atoms with Crippen LogP contribution in [0.2, 0.25) is 0 Å². The fraction of sp³-hybridized carbons (Fsp3) is 0.529. The first-order valence-corrected chi connectivity index (χ1v) is 7.86. The lowest BCUT2D eigenvalue weighted by molar-refractivity contribution is -0.117. The lowest BCUT2D eigenvalue weighted by Crippen LogP contribution is -2.42. The van der Waals surface area contributed by atoms with Crippen molar-refractivity contribution in [3.05, 3.63) is 29.8 Å². The molecule has 1 unspecified atom stereocenters. The number of nitrogens with zero attached hydrogens (tertiary/aromatic N) is 1. The molecule has 0 aliphatic carbocycles. The zero-order chi connectivity index (χ0) is 15.9. The van der Waals surface area contributed by atoms with E-state index < -0.39 is 0 Å². The van der Waals surface area contributed by atoms with E-state index in [0.29, 0.717) is 23.7 Å². The molecule has 1 atom stereocenters. The Morgan fingerprint density at radius 1 is 1.36 bits per heavy atom. The number of rotatable bonds is 6. The Morgan fingerprint density at radius 3 is 2.91 bits per heavy atom. The molecule has 0 radical (unpaired) electrons. The van der Waals surface area contributed by atoms with Crippen LogP contribution in [0.25, 0.3) is 0 Å². The van der Waals surface area contributed by atoms with Crippen LogP contribution in [0, 0.1) is 5.92 Å². The Bertz CT molecular complexity index is 528. The molecular weight excluding hydrogens is 278 g/mol. The number of hydrogen-bond donors (Lipinski definition) is 2. The average Bonchev–Trinajstić information content (AvgIpc) is 2.48. The van der Waals surface area contributed by atoms with Crippen molar-refractivity contribution >= 4 is 17.4 Å². The predicted molar refractivity (Wildman–Crippen MR) is 88.2 cm³/mol. The average molecular weight is 303 g/mol. The first kappa shape index (κ1) is 16.6. The molecule has 1 saturated heterocycles. The molecule has 1 heterocycles. The smallest absolute Gasteiger partial charge is 0.238 e. The number of amides is 1. The molecule has 120 valence electrons. The summed E-state index contributed by atoms with van der Waals surface area (Å²) in [4.78, 5) is 25.7. The van der Waals surface area contributed by atoms with Gasteiger partial charge in [-0.2, -0.15) is 0 Å². The van der Waals surface area contributed by atoms with Gasteiger partial charge >= 0.3 is 0 Å². The summed E-state index contributed by atoms with van der Waals surface area (Å²) in [6, 6.07) is 7.08. The van der Waals surface area contributed by atoms with Gasteiger partial charge in [0.1, 0.15) is 0 Å². The zero-order valence-electron chi connectivity index (χ0n) is 13.4. The monoisotopic (exact) mass is 303 g/mol. The molecule has 0 saturated carbocycles. The minimum absolute atomic E-state index is 0.00189. The van der Waals surface area contributed by atoms with Crippen LogP contribution in [-0.4, -0.2) is 49.8 Å². The largest absolute Gasteiger partial charge is 0.325 e. The number of ketones is 1. The van der Waals surface area contributed by atoms with Gasteiger partial charge in [0.25, 0.3) is 0 Å². The summed E-state index contributed by atoms with van der Waals surface area (Å²) in [7, 11) is 1.97. The van der Waals surface area contributed by atoms with E-state index in [1.54, 1.807) is 18.2 Å². The van der Waals surface area contributed by atoms with Gasteiger partial charge in [-0.25, -0.2) is 0 Å². The second-order valence-electron chi connectivity index (χ2n) is 5.99. The van der Waals surface area contributed by atoms with Crippen molar-refractivity contribution in [3.8, 4) is 0 Å². The van der Waals surface area contributed by atoms with Crippen molar-refractivity contribution in [1.82, 2.24) is 10.2 Å². The van der Waals surface area contributed by atoms with E-state index in [0.717, 1.165) is 26.1 Å². The minimum atomic E-state index is -0.0224. The van der Waals surface area contributed by atoms with E-state index in [9.17, 15) is 9.59 Å². The minimum Gasteiger partial charge on any atom is -0.325 e. The van der Waals surface area contributed by atoms with Crippen LogP contribution in [0.5, 0.6) is 0 Å². The maximum absolute atomic E-state index is 12.2. The lowest BCUT2D eigenvalue weighted by atomic mass is 9.98. The Morgan fingerprint density at radius 2 is 2.18 bits per heavy atom. The molecule has 2 N–H and O–H groups in total. The Labute approximate surface area is 132 Å². The van der Waals surface area contributed by atoms with Gasteiger partial charge in [0.05, 0.1) is 6.54 Å². The highest BCUT2D eigenvalue weighted by Crippen LogP contribution is 2.16. The van der Waals surface area contributed by atoms with Crippen LogP contribution in [0.3, 0.4) is 0 Å². The van der Waals surface area contributed by atoms with Crippen LogP contribution >= 0.6 is 0 Å². The van der Waals surface area contributed by atoms with E-state index in [2.05, 4.69) is 15.5 Å². The fourth-order valence-electron chi connectivity index (χ4n) is 2.97. The molecule has 1 aromatic rings. The molecule has 1 fully saturated rings. The van der Waals surface area contributed by atoms with Gasteiger partial charge in [-0.05, 0) is 58.0 Å². The number of carbonyl (C=O) groups is 2. The summed E-state index contributed by atoms with van der Waals surface area (Å²) in [6.07, 6.45) is 2.36. The molecule has 5 nitrogen and oxygen atoms in total. The van der Waals surface area contributed by atoms with Gasteiger partial charge < -0.3 is 10.6 Å². The number of likely N-dealkylation sites (tertiary alicyclic amines) is 1. The third-order valence-corrected chi connectivity index (χ3v) is 4.02. The molecule has 0 spiro atoms. The number of piperidine rings is 1. The van der Waals surface area contributed by atoms with Crippen molar-refractivity contribution in [2.24, 2.45) is 5.92 Å². The van der Waals surface area contributed by atoms with E-state index in [-0.39, 0.29) is 11.7 Å². The van der Waals surface area contributed by atoms with Crippen molar-refractivity contribution in [2.45, 2.75) is 19.8 Å². The number of anilines is 1.